The summed E-state index contributed by atoms with van der Waals surface area (Å²) in [6, 6.07) is 12.3. The maximum atomic E-state index is 10.9. The molecule has 19 heavy (non-hydrogen) atoms. The van der Waals surface area contributed by atoms with Crippen molar-refractivity contribution in [3.8, 4) is 0 Å². The maximum Gasteiger partial charge on any atom is 0.272 e. The Morgan fingerprint density at radius 3 is 2.21 bits per heavy atom. The van der Waals surface area contributed by atoms with Crippen LogP contribution < -0.4 is 0 Å². The number of aliphatic hydroxyl groups excluding tert-OH is 1. The molecule has 0 heterocycles. The summed E-state index contributed by atoms with van der Waals surface area (Å²) in [6.45, 7) is 3.65. The fourth-order valence-corrected chi connectivity index (χ4v) is 1.93. The van der Waals surface area contributed by atoms with Crippen molar-refractivity contribution in [2.45, 2.75) is 20.0 Å². The Morgan fingerprint density at radius 1 is 1.05 bits per heavy atom. The van der Waals surface area contributed by atoms with E-state index in [0.29, 0.717) is 11.1 Å². The van der Waals surface area contributed by atoms with Gasteiger partial charge in [-0.1, -0.05) is 42.0 Å². The summed E-state index contributed by atoms with van der Waals surface area (Å²) in [7, 11) is 0. The van der Waals surface area contributed by atoms with Crippen molar-refractivity contribution < 1.29 is 10.0 Å². The Bertz CT molecular complexity index is 605. The van der Waals surface area contributed by atoms with Crippen LogP contribution in [-0.2, 0) is 0 Å². The lowest BCUT2D eigenvalue weighted by molar-refractivity contribution is -0.385. The van der Waals surface area contributed by atoms with Gasteiger partial charge in [0.15, 0.2) is 0 Å². The summed E-state index contributed by atoms with van der Waals surface area (Å²) in [5.41, 5.74) is 2.98. The number of hydrogen-bond donors (Lipinski definition) is 1. The highest BCUT2D eigenvalue weighted by molar-refractivity contribution is 5.45. The van der Waals surface area contributed by atoms with Gasteiger partial charge in [0.05, 0.1) is 4.92 Å². The fourth-order valence-electron chi connectivity index (χ4n) is 1.93. The Balaban J connectivity index is 2.38. The molecule has 0 radical (unpaired) electrons. The number of benzene rings is 2. The highest BCUT2D eigenvalue weighted by Crippen LogP contribution is 2.27. The molecule has 1 atom stereocenters. The lowest BCUT2D eigenvalue weighted by Gasteiger charge is -2.12. The second kappa shape index (κ2) is 5.20. The molecule has 0 bridgehead atoms. The third-order valence-corrected chi connectivity index (χ3v) is 3.14. The van der Waals surface area contributed by atoms with E-state index < -0.39 is 11.0 Å². The molecule has 0 aliphatic carbocycles. The van der Waals surface area contributed by atoms with Gasteiger partial charge in [-0.2, -0.15) is 0 Å². The molecule has 0 spiro atoms. The number of nitrogens with zero attached hydrogens (tertiary/aromatic N) is 1. The molecule has 2 aromatic rings. The molecular formula is C15H15NO3. The van der Waals surface area contributed by atoms with Crippen molar-refractivity contribution in [3.63, 3.8) is 0 Å². The monoisotopic (exact) mass is 257 g/mol. The molecule has 0 aliphatic heterocycles. The third kappa shape index (κ3) is 2.80. The summed E-state index contributed by atoms with van der Waals surface area (Å²) < 4.78 is 0. The third-order valence-electron chi connectivity index (χ3n) is 3.14. The van der Waals surface area contributed by atoms with Crippen molar-refractivity contribution in [2.75, 3.05) is 0 Å². The van der Waals surface area contributed by atoms with Crippen molar-refractivity contribution in [2.24, 2.45) is 0 Å². The highest BCUT2D eigenvalue weighted by atomic mass is 16.6. The zero-order valence-electron chi connectivity index (χ0n) is 10.8. The van der Waals surface area contributed by atoms with Crippen LogP contribution >= 0.6 is 0 Å². The summed E-state index contributed by atoms with van der Waals surface area (Å²) in [6.07, 6.45) is -0.847. The van der Waals surface area contributed by atoms with Gasteiger partial charge in [0.1, 0.15) is 6.10 Å². The van der Waals surface area contributed by atoms with Gasteiger partial charge >= 0.3 is 0 Å². The molecule has 0 unspecified atom stereocenters. The first kappa shape index (κ1) is 13.2. The number of aryl methyl sites for hydroxylation is 2. The average Bonchev–Trinajstić information content (AvgIpc) is 2.39. The van der Waals surface area contributed by atoms with E-state index in [-0.39, 0.29) is 5.69 Å². The van der Waals surface area contributed by atoms with Crippen LogP contribution in [0.25, 0.3) is 0 Å². The minimum Gasteiger partial charge on any atom is -0.384 e. The summed E-state index contributed by atoms with van der Waals surface area (Å²) in [5, 5.41) is 21.2. The van der Waals surface area contributed by atoms with Crippen LogP contribution in [-0.4, -0.2) is 10.0 Å². The molecule has 2 rings (SSSR count). The molecule has 0 saturated carbocycles. The zero-order valence-corrected chi connectivity index (χ0v) is 10.8. The largest absolute Gasteiger partial charge is 0.384 e. The topological polar surface area (TPSA) is 63.4 Å². The smallest absolute Gasteiger partial charge is 0.272 e. The minimum atomic E-state index is -0.847. The van der Waals surface area contributed by atoms with E-state index in [1.54, 1.807) is 19.1 Å². The predicted molar refractivity (Wildman–Crippen MR) is 73.1 cm³/mol. The molecule has 0 fully saturated rings. The second-order valence-electron chi connectivity index (χ2n) is 4.62. The van der Waals surface area contributed by atoms with Crippen LogP contribution in [0.15, 0.2) is 42.5 Å². The molecular weight excluding hydrogens is 242 g/mol. The van der Waals surface area contributed by atoms with Crippen molar-refractivity contribution in [3.05, 3.63) is 74.8 Å². The summed E-state index contributed by atoms with van der Waals surface area (Å²) in [5.74, 6) is 0. The predicted octanol–water partition coefficient (Wildman–Crippen LogP) is 3.29. The quantitative estimate of drug-likeness (QED) is 0.677. The number of aliphatic hydroxyl groups is 1. The van der Waals surface area contributed by atoms with Gasteiger partial charge in [-0.3, -0.25) is 10.1 Å². The fraction of sp³-hybridized carbons (Fsp3) is 0.200. The Labute approximate surface area is 111 Å². The molecule has 0 saturated heterocycles. The van der Waals surface area contributed by atoms with E-state index >= 15 is 0 Å². The lowest BCUT2D eigenvalue weighted by Crippen LogP contribution is -2.01. The van der Waals surface area contributed by atoms with Crippen molar-refractivity contribution in [1.29, 1.82) is 0 Å². The zero-order chi connectivity index (χ0) is 14.0. The van der Waals surface area contributed by atoms with E-state index in [0.717, 1.165) is 11.1 Å². The van der Waals surface area contributed by atoms with Gasteiger partial charge < -0.3 is 5.11 Å². The number of hydrogen-bond acceptors (Lipinski definition) is 3. The molecule has 4 heteroatoms. The molecule has 0 aromatic heterocycles. The van der Waals surface area contributed by atoms with Crippen molar-refractivity contribution in [1.82, 2.24) is 0 Å². The number of rotatable bonds is 3. The first-order chi connectivity index (χ1) is 8.99. The Kier molecular flexibility index (Phi) is 3.62. The average molecular weight is 257 g/mol. The first-order valence-corrected chi connectivity index (χ1v) is 5.98. The van der Waals surface area contributed by atoms with E-state index in [1.807, 2.05) is 31.2 Å². The second-order valence-corrected chi connectivity index (χ2v) is 4.62. The van der Waals surface area contributed by atoms with Gasteiger partial charge in [-0.25, -0.2) is 0 Å². The normalized spacial score (nSPS) is 12.2. The number of nitro benzene ring substituents is 1. The van der Waals surface area contributed by atoms with E-state index in [1.165, 1.54) is 6.07 Å². The molecule has 98 valence electrons. The van der Waals surface area contributed by atoms with E-state index in [2.05, 4.69) is 0 Å². The maximum absolute atomic E-state index is 10.9. The van der Waals surface area contributed by atoms with Gasteiger partial charge in [-0.15, -0.1) is 0 Å². The van der Waals surface area contributed by atoms with Crippen LogP contribution in [0, 0.1) is 24.0 Å². The Morgan fingerprint density at radius 2 is 1.63 bits per heavy atom. The van der Waals surface area contributed by atoms with Crippen LogP contribution in [0.4, 0.5) is 5.69 Å². The van der Waals surface area contributed by atoms with Crippen LogP contribution in [0.2, 0.25) is 0 Å². The van der Waals surface area contributed by atoms with Crippen LogP contribution in [0.1, 0.15) is 28.4 Å². The molecule has 4 nitrogen and oxygen atoms in total. The van der Waals surface area contributed by atoms with Gasteiger partial charge in [0.25, 0.3) is 5.69 Å². The first-order valence-electron chi connectivity index (χ1n) is 5.98. The van der Waals surface area contributed by atoms with E-state index in [9.17, 15) is 15.2 Å². The van der Waals surface area contributed by atoms with Gasteiger partial charge in [-0.05, 0) is 25.0 Å². The van der Waals surface area contributed by atoms with Gasteiger partial charge in [0.2, 0.25) is 0 Å². The Hall–Kier alpha value is -2.20. The lowest BCUT2D eigenvalue weighted by atomic mass is 9.99. The van der Waals surface area contributed by atoms with Gasteiger partial charge in [0, 0.05) is 11.6 Å². The summed E-state index contributed by atoms with van der Waals surface area (Å²) in [4.78, 5) is 10.5. The summed E-state index contributed by atoms with van der Waals surface area (Å²) >= 11 is 0. The van der Waals surface area contributed by atoms with Crippen LogP contribution in [0.5, 0.6) is 0 Å². The SMILES string of the molecule is Cc1ccc([C@H](O)c2ccc(C)c([N+](=O)[O-])c2)cc1. The van der Waals surface area contributed by atoms with Crippen LogP contribution in [0.3, 0.4) is 0 Å². The number of nitro groups is 1. The van der Waals surface area contributed by atoms with Crippen molar-refractivity contribution >= 4 is 5.69 Å². The molecule has 0 amide bonds. The van der Waals surface area contributed by atoms with E-state index in [4.69, 9.17) is 0 Å². The molecule has 0 aliphatic rings. The molecule has 2 aromatic carbocycles. The minimum absolute atomic E-state index is 0.0312. The standard InChI is InChI=1S/C15H15NO3/c1-10-3-6-12(7-4-10)15(17)13-8-5-11(2)14(9-13)16(18)19/h3-9,15,17H,1-2H3/t15-/m0/s1. The highest BCUT2D eigenvalue weighted by Gasteiger charge is 2.16. The molecule has 1 N–H and O–H groups in total.